The first-order valence-corrected chi connectivity index (χ1v) is 11.2. The van der Waals surface area contributed by atoms with Crippen LogP contribution < -0.4 is 5.32 Å². The van der Waals surface area contributed by atoms with Gasteiger partial charge in [-0.2, -0.15) is 11.8 Å². The predicted molar refractivity (Wildman–Crippen MR) is 110 cm³/mol. The molecule has 27 heavy (non-hydrogen) atoms. The summed E-state index contributed by atoms with van der Waals surface area (Å²) in [6.45, 7) is 7.57. The standard InChI is InChI=1S/C19H27N3O3S2/c1-13-8-6-7-9-14(13)12-27-18-22-21-16(24-18)15(10-11-26-5)20-17(23)25-19(2,3)4/h6-9,15H,10-12H2,1-5H3,(H,20,23)/t15-/m1/s1. The Hall–Kier alpha value is -1.67. The third-order valence-corrected chi connectivity index (χ3v) is 5.15. The Bertz CT molecular complexity index is 744. The Labute approximate surface area is 169 Å². The summed E-state index contributed by atoms with van der Waals surface area (Å²) < 4.78 is 11.1. The largest absolute Gasteiger partial charge is 0.444 e. The van der Waals surface area contributed by atoms with Crippen LogP contribution in [0.1, 0.15) is 50.3 Å². The molecule has 0 saturated heterocycles. The first-order chi connectivity index (χ1) is 12.8. The van der Waals surface area contributed by atoms with Crippen molar-refractivity contribution in [3.63, 3.8) is 0 Å². The number of amides is 1. The van der Waals surface area contributed by atoms with Gasteiger partial charge in [0, 0.05) is 5.75 Å². The molecule has 1 aromatic carbocycles. The molecule has 8 heteroatoms. The van der Waals surface area contributed by atoms with Gasteiger partial charge in [-0.3, -0.25) is 0 Å². The number of nitrogens with one attached hydrogen (secondary N) is 1. The molecule has 2 aromatic rings. The van der Waals surface area contributed by atoms with Gasteiger partial charge in [0.1, 0.15) is 11.6 Å². The third kappa shape index (κ3) is 7.46. The van der Waals surface area contributed by atoms with Gasteiger partial charge in [0.2, 0.25) is 5.89 Å². The zero-order valence-corrected chi connectivity index (χ0v) is 18.1. The molecule has 0 spiro atoms. The number of alkyl carbamates (subject to hydrolysis) is 1. The lowest BCUT2D eigenvalue weighted by Crippen LogP contribution is -2.35. The molecule has 1 heterocycles. The van der Waals surface area contributed by atoms with E-state index < -0.39 is 11.7 Å². The van der Waals surface area contributed by atoms with E-state index in [2.05, 4.69) is 34.6 Å². The topological polar surface area (TPSA) is 77.2 Å². The average Bonchev–Trinajstić information content (AvgIpc) is 3.05. The van der Waals surface area contributed by atoms with E-state index in [0.29, 0.717) is 17.5 Å². The number of hydrogen-bond donors (Lipinski definition) is 1. The van der Waals surface area contributed by atoms with Crippen LogP contribution in [0.25, 0.3) is 0 Å². The quantitative estimate of drug-likeness (QED) is 0.615. The van der Waals surface area contributed by atoms with E-state index in [4.69, 9.17) is 9.15 Å². The normalized spacial score (nSPS) is 12.6. The number of carbonyl (C=O) groups excluding carboxylic acids is 1. The molecule has 0 aliphatic heterocycles. The highest BCUT2D eigenvalue weighted by molar-refractivity contribution is 7.98. The fourth-order valence-electron chi connectivity index (χ4n) is 2.27. The number of aryl methyl sites for hydroxylation is 1. The molecule has 1 aromatic heterocycles. The summed E-state index contributed by atoms with van der Waals surface area (Å²) >= 11 is 3.18. The van der Waals surface area contributed by atoms with Crippen molar-refractivity contribution in [3.05, 3.63) is 41.3 Å². The lowest BCUT2D eigenvalue weighted by molar-refractivity contribution is 0.0493. The molecule has 0 saturated carbocycles. The van der Waals surface area contributed by atoms with E-state index in [-0.39, 0.29) is 6.04 Å². The van der Waals surface area contributed by atoms with Crippen LogP contribution in [0.5, 0.6) is 0 Å². The molecule has 0 unspecified atom stereocenters. The van der Waals surface area contributed by atoms with Crippen LogP contribution in [0.2, 0.25) is 0 Å². The zero-order chi connectivity index (χ0) is 19.9. The van der Waals surface area contributed by atoms with Gasteiger partial charge in [-0.25, -0.2) is 4.79 Å². The van der Waals surface area contributed by atoms with Crippen molar-refractivity contribution in [2.45, 2.75) is 56.7 Å². The molecule has 1 amide bonds. The Morgan fingerprint density at radius 3 is 2.70 bits per heavy atom. The van der Waals surface area contributed by atoms with E-state index in [1.165, 1.54) is 22.9 Å². The minimum absolute atomic E-state index is 0.368. The predicted octanol–water partition coefficient (Wildman–Crippen LogP) is 4.99. The fourth-order valence-corrected chi connectivity index (χ4v) is 3.59. The smallest absolute Gasteiger partial charge is 0.408 e. The molecule has 0 fully saturated rings. The summed E-state index contributed by atoms with van der Waals surface area (Å²) in [5, 5.41) is 11.6. The molecule has 0 aliphatic rings. The number of nitrogens with zero attached hydrogens (tertiary/aromatic N) is 2. The van der Waals surface area contributed by atoms with Crippen molar-refractivity contribution >= 4 is 29.6 Å². The van der Waals surface area contributed by atoms with Gasteiger partial charge in [0.05, 0.1) is 0 Å². The zero-order valence-electron chi connectivity index (χ0n) is 16.4. The molecule has 0 aliphatic carbocycles. The second-order valence-corrected chi connectivity index (χ2v) is 9.01. The molecule has 6 nitrogen and oxygen atoms in total. The van der Waals surface area contributed by atoms with E-state index in [9.17, 15) is 4.79 Å². The first kappa shape index (κ1) is 21.6. The van der Waals surface area contributed by atoms with Gasteiger partial charge in [0.15, 0.2) is 0 Å². The van der Waals surface area contributed by atoms with E-state index in [0.717, 1.165) is 11.5 Å². The number of thioether (sulfide) groups is 2. The minimum Gasteiger partial charge on any atom is -0.444 e. The number of rotatable bonds is 8. The van der Waals surface area contributed by atoms with Crippen LogP contribution in [0.15, 0.2) is 33.9 Å². The second-order valence-electron chi connectivity index (χ2n) is 7.10. The highest BCUT2D eigenvalue weighted by Crippen LogP contribution is 2.26. The highest BCUT2D eigenvalue weighted by Gasteiger charge is 2.24. The maximum absolute atomic E-state index is 12.1. The van der Waals surface area contributed by atoms with Crippen LogP contribution in [-0.2, 0) is 10.5 Å². The van der Waals surface area contributed by atoms with Crippen molar-refractivity contribution in [2.24, 2.45) is 0 Å². The summed E-state index contributed by atoms with van der Waals surface area (Å²) in [6, 6.07) is 7.84. The summed E-state index contributed by atoms with van der Waals surface area (Å²) in [5.74, 6) is 2.01. The molecule has 1 N–H and O–H groups in total. The van der Waals surface area contributed by atoms with Crippen LogP contribution >= 0.6 is 23.5 Å². The van der Waals surface area contributed by atoms with E-state index in [1.807, 2.05) is 39.2 Å². The maximum atomic E-state index is 12.1. The molecule has 148 valence electrons. The maximum Gasteiger partial charge on any atom is 0.408 e. The summed E-state index contributed by atoms with van der Waals surface area (Å²) in [7, 11) is 0. The highest BCUT2D eigenvalue weighted by atomic mass is 32.2. The number of carbonyl (C=O) groups is 1. The van der Waals surface area contributed by atoms with Crippen LogP contribution in [0.3, 0.4) is 0 Å². The van der Waals surface area contributed by atoms with Gasteiger partial charge in [-0.1, -0.05) is 36.0 Å². The van der Waals surface area contributed by atoms with Gasteiger partial charge < -0.3 is 14.5 Å². The summed E-state index contributed by atoms with van der Waals surface area (Å²) in [4.78, 5) is 12.1. The van der Waals surface area contributed by atoms with Crippen molar-refractivity contribution in [3.8, 4) is 0 Å². The second kappa shape index (κ2) is 10.0. The monoisotopic (exact) mass is 409 g/mol. The molecular formula is C19H27N3O3S2. The Balaban J connectivity index is 2.01. The number of benzene rings is 1. The van der Waals surface area contributed by atoms with Gasteiger partial charge in [-0.05, 0) is 57.3 Å². The van der Waals surface area contributed by atoms with E-state index >= 15 is 0 Å². The van der Waals surface area contributed by atoms with Crippen molar-refractivity contribution in [1.82, 2.24) is 15.5 Å². The number of ether oxygens (including phenoxy) is 1. The Kier molecular flexibility index (Phi) is 8.04. The van der Waals surface area contributed by atoms with Crippen molar-refractivity contribution in [1.29, 1.82) is 0 Å². The molecule has 2 rings (SSSR count). The van der Waals surface area contributed by atoms with Crippen molar-refractivity contribution in [2.75, 3.05) is 12.0 Å². The summed E-state index contributed by atoms with van der Waals surface area (Å²) in [6.07, 6.45) is 2.22. The molecule has 0 radical (unpaired) electrons. The average molecular weight is 410 g/mol. The fraction of sp³-hybridized carbons (Fsp3) is 0.526. The van der Waals surface area contributed by atoms with Crippen LogP contribution in [0, 0.1) is 6.92 Å². The first-order valence-electron chi connectivity index (χ1n) is 8.77. The van der Waals surface area contributed by atoms with Gasteiger partial charge in [0.25, 0.3) is 5.22 Å². The molecular weight excluding hydrogens is 382 g/mol. The van der Waals surface area contributed by atoms with Crippen LogP contribution in [0.4, 0.5) is 4.79 Å². The van der Waals surface area contributed by atoms with Crippen LogP contribution in [-0.4, -0.2) is 33.9 Å². The van der Waals surface area contributed by atoms with Gasteiger partial charge >= 0.3 is 6.09 Å². The van der Waals surface area contributed by atoms with Crippen molar-refractivity contribution < 1.29 is 13.9 Å². The molecule has 1 atom stereocenters. The Morgan fingerprint density at radius 2 is 2.04 bits per heavy atom. The number of aromatic nitrogens is 2. The third-order valence-electron chi connectivity index (χ3n) is 3.63. The lowest BCUT2D eigenvalue weighted by atomic mass is 10.1. The lowest BCUT2D eigenvalue weighted by Gasteiger charge is -2.22. The van der Waals surface area contributed by atoms with Gasteiger partial charge in [-0.15, -0.1) is 10.2 Å². The van der Waals surface area contributed by atoms with E-state index in [1.54, 1.807) is 11.8 Å². The molecule has 0 bridgehead atoms. The Morgan fingerprint density at radius 1 is 1.30 bits per heavy atom. The SMILES string of the molecule is CSCC[C@@H](NC(=O)OC(C)(C)C)c1nnc(SCc2ccccc2C)o1. The number of hydrogen-bond acceptors (Lipinski definition) is 7. The minimum atomic E-state index is -0.558. The summed E-state index contributed by atoms with van der Waals surface area (Å²) in [5.41, 5.74) is 1.90.